The lowest BCUT2D eigenvalue weighted by Gasteiger charge is -2.62. The Bertz CT molecular complexity index is 743. The Balaban J connectivity index is 1.51. The molecule has 4 rings (SSSR count). The van der Waals surface area contributed by atoms with Crippen molar-refractivity contribution in [1.29, 1.82) is 0 Å². The fourth-order valence-electron chi connectivity index (χ4n) is 9.29. The molecule has 4 aliphatic carbocycles. The van der Waals surface area contributed by atoms with Gasteiger partial charge in [-0.25, -0.2) is 0 Å². The SMILES string of the molecule is CC(=O)O[C@@H]1CC[C@@]2(C)[C@@H](CC[C@@H]3[C@H]2[C@H](O)C[C@]2(C)[C@@H]3CC[C@H]2[C@H](C)/C=C/[C@H](C)C(C)C)C1. The lowest BCUT2D eigenvalue weighted by Crippen LogP contribution is -2.59. The van der Waals surface area contributed by atoms with Crippen molar-refractivity contribution >= 4 is 5.97 Å². The van der Waals surface area contributed by atoms with Crippen LogP contribution in [0.5, 0.6) is 0 Å². The molecule has 188 valence electrons. The van der Waals surface area contributed by atoms with Gasteiger partial charge in [0.15, 0.2) is 0 Å². The van der Waals surface area contributed by atoms with Crippen molar-refractivity contribution in [2.75, 3.05) is 0 Å². The van der Waals surface area contributed by atoms with Crippen LogP contribution in [0.15, 0.2) is 12.2 Å². The monoisotopic (exact) mass is 458 g/mol. The van der Waals surface area contributed by atoms with E-state index in [1.165, 1.54) is 32.6 Å². The van der Waals surface area contributed by atoms with E-state index in [0.29, 0.717) is 41.4 Å². The van der Waals surface area contributed by atoms with Crippen LogP contribution in [0.4, 0.5) is 0 Å². The van der Waals surface area contributed by atoms with Crippen LogP contribution in [0.1, 0.15) is 99.8 Å². The third-order valence-corrected chi connectivity index (χ3v) is 11.4. The van der Waals surface area contributed by atoms with Crippen molar-refractivity contribution in [3.8, 4) is 0 Å². The van der Waals surface area contributed by atoms with Crippen molar-refractivity contribution in [2.45, 2.75) is 112 Å². The molecule has 0 aliphatic heterocycles. The van der Waals surface area contributed by atoms with E-state index < -0.39 is 0 Å². The zero-order valence-corrected chi connectivity index (χ0v) is 22.3. The van der Waals surface area contributed by atoms with Crippen LogP contribution in [0.2, 0.25) is 0 Å². The van der Waals surface area contributed by atoms with Crippen molar-refractivity contribution in [2.24, 2.45) is 58.2 Å². The Kier molecular flexibility index (Phi) is 7.14. The van der Waals surface area contributed by atoms with E-state index in [2.05, 4.69) is 53.7 Å². The molecule has 0 aromatic rings. The van der Waals surface area contributed by atoms with E-state index in [1.807, 2.05) is 0 Å². The van der Waals surface area contributed by atoms with Gasteiger partial charge in [0.25, 0.3) is 0 Å². The summed E-state index contributed by atoms with van der Waals surface area (Å²) in [5.74, 6) is 4.81. The summed E-state index contributed by atoms with van der Waals surface area (Å²) in [6.07, 6.45) is 14.0. The Hall–Kier alpha value is -0.830. The van der Waals surface area contributed by atoms with E-state index in [9.17, 15) is 9.90 Å². The Morgan fingerprint density at radius 3 is 2.39 bits per heavy atom. The molecule has 0 spiro atoms. The van der Waals surface area contributed by atoms with Crippen molar-refractivity contribution in [3.05, 3.63) is 12.2 Å². The molecule has 0 saturated heterocycles. The van der Waals surface area contributed by atoms with Crippen LogP contribution in [0.3, 0.4) is 0 Å². The van der Waals surface area contributed by atoms with Crippen LogP contribution in [-0.4, -0.2) is 23.3 Å². The summed E-state index contributed by atoms with van der Waals surface area (Å²) < 4.78 is 5.62. The van der Waals surface area contributed by atoms with Crippen molar-refractivity contribution in [3.63, 3.8) is 0 Å². The highest BCUT2D eigenvalue weighted by atomic mass is 16.5. The van der Waals surface area contributed by atoms with Crippen molar-refractivity contribution in [1.82, 2.24) is 0 Å². The quantitative estimate of drug-likeness (QED) is 0.355. The van der Waals surface area contributed by atoms with Gasteiger partial charge in [0.1, 0.15) is 6.10 Å². The van der Waals surface area contributed by atoms with E-state index in [4.69, 9.17) is 4.74 Å². The maximum atomic E-state index is 11.7. The number of esters is 1. The predicted octanol–water partition coefficient (Wildman–Crippen LogP) is 7.03. The molecule has 0 aromatic heterocycles. The number of carbonyl (C=O) groups is 1. The molecule has 33 heavy (non-hydrogen) atoms. The molecule has 4 fully saturated rings. The smallest absolute Gasteiger partial charge is 0.302 e. The number of hydrogen-bond donors (Lipinski definition) is 1. The van der Waals surface area contributed by atoms with Crippen molar-refractivity contribution < 1.29 is 14.6 Å². The standard InChI is InChI=1S/C30H50O3/c1-18(2)19(3)8-9-20(4)25-12-13-26-24-11-10-22-16-23(33-21(5)31)14-15-29(22,6)28(24)27(32)17-30(25,26)7/h8-9,18-20,22-28,32H,10-17H2,1-7H3/b9-8+/t19-,20+,22-,23+,24-,25-,26+,27+,28-,29-,30-/m0/s1. The molecule has 3 heteroatoms. The number of rotatable bonds is 5. The van der Waals surface area contributed by atoms with Gasteiger partial charge in [0.05, 0.1) is 6.10 Å². The van der Waals surface area contributed by atoms with Crippen LogP contribution < -0.4 is 0 Å². The Morgan fingerprint density at radius 2 is 1.73 bits per heavy atom. The number of fused-ring (bicyclic) bond motifs is 5. The number of ether oxygens (including phenoxy) is 1. The molecule has 3 nitrogen and oxygen atoms in total. The maximum Gasteiger partial charge on any atom is 0.302 e. The van der Waals surface area contributed by atoms with Gasteiger partial charge in [0, 0.05) is 6.92 Å². The molecular formula is C30H50O3. The predicted molar refractivity (Wildman–Crippen MR) is 134 cm³/mol. The Labute approximate surface area is 203 Å². The normalized spacial score (nSPS) is 47.0. The van der Waals surface area contributed by atoms with Gasteiger partial charge in [-0.3, -0.25) is 4.79 Å². The highest BCUT2D eigenvalue weighted by Crippen LogP contribution is 2.68. The van der Waals surface area contributed by atoms with E-state index >= 15 is 0 Å². The second kappa shape index (κ2) is 9.32. The third-order valence-electron chi connectivity index (χ3n) is 11.4. The first-order chi connectivity index (χ1) is 15.5. The summed E-state index contributed by atoms with van der Waals surface area (Å²) in [7, 11) is 0. The minimum Gasteiger partial charge on any atom is -0.463 e. The lowest BCUT2D eigenvalue weighted by atomic mass is 9.43. The number of allylic oxidation sites excluding steroid dienone is 2. The molecular weight excluding hydrogens is 408 g/mol. The summed E-state index contributed by atoms with van der Waals surface area (Å²) in [5, 5.41) is 11.7. The summed E-state index contributed by atoms with van der Waals surface area (Å²) in [5.41, 5.74) is 0.445. The molecule has 0 aromatic carbocycles. The molecule has 0 radical (unpaired) electrons. The maximum absolute atomic E-state index is 11.7. The van der Waals surface area contributed by atoms with Gasteiger partial charge in [0.2, 0.25) is 0 Å². The van der Waals surface area contributed by atoms with Gasteiger partial charge in [-0.2, -0.15) is 0 Å². The Morgan fingerprint density at radius 1 is 1.00 bits per heavy atom. The van der Waals surface area contributed by atoms with Gasteiger partial charge in [-0.1, -0.05) is 53.7 Å². The van der Waals surface area contributed by atoms with Crippen LogP contribution in [-0.2, 0) is 9.53 Å². The zero-order valence-electron chi connectivity index (χ0n) is 22.3. The second-order valence-electron chi connectivity index (χ2n) is 13.4. The van der Waals surface area contributed by atoms with Gasteiger partial charge in [-0.05, 0) is 110 Å². The second-order valence-corrected chi connectivity index (χ2v) is 13.4. The molecule has 4 aliphatic rings. The first-order valence-corrected chi connectivity index (χ1v) is 14.0. The molecule has 4 saturated carbocycles. The first-order valence-electron chi connectivity index (χ1n) is 14.0. The highest BCUT2D eigenvalue weighted by Gasteiger charge is 2.63. The number of hydrogen-bond acceptors (Lipinski definition) is 3. The van der Waals surface area contributed by atoms with E-state index in [1.54, 1.807) is 0 Å². The lowest BCUT2D eigenvalue weighted by molar-refractivity contribution is -0.185. The topological polar surface area (TPSA) is 46.5 Å². The molecule has 0 unspecified atom stereocenters. The minimum atomic E-state index is -0.194. The molecule has 11 atom stereocenters. The number of aliphatic hydroxyl groups excluding tert-OH is 1. The fourth-order valence-corrected chi connectivity index (χ4v) is 9.29. The molecule has 0 bridgehead atoms. The molecule has 0 heterocycles. The summed E-state index contributed by atoms with van der Waals surface area (Å²) >= 11 is 0. The van der Waals surface area contributed by atoms with Gasteiger partial charge in [-0.15, -0.1) is 0 Å². The summed E-state index contributed by atoms with van der Waals surface area (Å²) in [6, 6.07) is 0. The van der Waals surface area contributed by atoms with E-state index in [-0.39, 0.29) is 29.0 Å². The average molecular weight is 459 g/mol. The minimum absolute atomic E-state index is 0.0832. The number of carbonyl (C=O) groups excluding carboxylic acids is 1. The molecule has 0 amide bonds. The largest absolute Gasteiger partial charge is 0.463 e. The highest BCUT2D eigenvalue weighted by molar-refractivity contribution is 5.66. The summed E-state index contributed by atoms with van der Waals surface area (Å²) in [6.45, 7) is 15.9. The van der Waals surface area contributed by atoms with Crippen LogP contribution in [0, 0.1) is 58.2 Å². The van der Waals surface area contributed by atoms with Gasteiger partial charge < -0.3 is 9.84 Å². The van der Waals surface area contributed by atoms with Gasteiger partial charge >= 0.3 is 5.97 Å². The number of aliphatic hydroxyl groups is 1. The average Bonchev–Trinajstić information content (AvgIpc) is 3.07. The van der Waals surface area contributed by atoms with E-state index in [0.717, 1.165) is 31.6 Å². The zero-order chi connectivity index (χ0) is 24.1. The molecule has 1 N–H and O–H groups in total. The third kappa shape index (κ3) is 4.45. The summed E-state index contributed by atoms with van der Waals surface area (Å²) in [4.78, 5) is 11.5. The fraction of sp³-hybridized carbons (Fsp3) is 0.900. The van der Waals surface area contributed by atoms with Crippen LogP contribution in [0.25, 0.3) is 0 Å². The first kappa shape index (κ1) is 25.3. The van der Waals surface area contributed by atoms with Crippen LogP contribution >= 0.6 is 0 Å².